The molecular formula is C8H12F3N5O2. The van der Waals surface area contributed by atoms with E-state index in [1.54, 1.807) is 0 Å². The zero-order valence-corrected chi connectivity index (χ0v) is 9.18. The van der Waals surface area contributed by atoms with Gasteiger partial charge in [-0.1, -0.05) is 10.3 Å². The number of nitrogens with one attached hydrogen (secondary N) is 1. The maximum atomic E-state index is 12.5. The van der Waals surface area contributed by atoms with Crippen molar-refractivity contribution in [2.75, 3.05) is 13.1 Å². The van der Waals surface area contributed by atoms with Crippen molar-refractivity contribution >= 4 is 5.84 Å². The van der Waals surface area contributed by atoms with E-state index in [-0.39, 0.29) is 6.54 Å². The number of alkyl halides is 3. The predicted octanol–water partition coefficient (Wildman–Crippen LogP) is 0.127. The van der Waals surface area contributed by atoms with Crippen molar-refractivity contribution in [2.45, 2.75) is 12.6 Å². The van der Waals surface area contributed by atoms with Crippen LogP contribution in [-0.2, 0) is 6.42 Å². The highest BCUT2D eigenvalue weighted by molar-refractivity contribution is 5.83. The normalized spacial score (nSPS) is 14.7. The van der Waals surface area contributed by atoms with Gasteiger partial charge in [0.15, 0.2) is 11.7 Å². The van der Waals surface area contributed by atoms with Gasteiger partial charge in [-0.25, -0.2) is 0 Å². The molecule has 1 atom stereocenters. The zero-order chi connectivity index (χ0) is 13.6. The number of oxime groups is 1. The van der Waals surface area contributed by atoms with Crippen molar-refractivity contribution in [3.8, 4) is 0 Å². The molecule has 1 unspecified atom stereocenters. The van der Waals surface area contributed by atoms with Gasteiger partial charge in [0.05, 0.1) is 0 Å². The molecule has 1 aromatic rings. The van der Waals surface area contributed by atoms with Gasteiger partial charge in [-0.15, -0.1) is 0 Å². The van der Waals surface area contributed by atoms with Gasteiger partial charge in [-0.3, -0.25) is 0 Å². The highest BCUT2D eigenvalue weighted by Gasteiger charge is 2.42. The Morgan fingerprint density at radius 1 is 1.61 bits per heavy atom. The van der Waals surface area contributed by atoms with Crippen LogP contribution < -0.4 is 11.1 Å². The number of halogens is 3. The third-order valence-corrected chi connectivity index (χ3v) is 2.15. The lowest BCUT2D eigenvalue weighted by Gasteiger charge is -2.19. The van der Waals surface area contributed by atoms with Crippen molar-refractivity contribution in [3.63, 3.8) is 0 Å². The smallest absolute Gasteiger partial charge is 0.400 e. The van der Waals surface area contributed by atoms with E-state index >= 15 is 0 Å². The standard InChI is InChI=1S/C8H12F3N5O2/c9-8(10,11)5(7(12)15-17)3-13-2-1-6-14-4-18-16-6/h4-5,13,17H,1-3H2,(H2,12,15). The first kappa shape index (κ1) is 14.2. The lowest BCUT2D eigenvalue weighted by molar-refractivity contribution is -0.154. The molecule has 4 N–H and O–H groups in total. The second-order valence-electron chi connectivity index (χ2n) is 3.42. The number of amidine groups is 1. The molecule has 0 bridgehead atoms. The summed E-state index contributed by atoms with van der Waals surface area (Å²) in [6.45, 7) is -0.276. The fraction of sp³-hybridized carbons (Fsp3) is 0.625. The van der Waals surface area contributed by atoms with E-state index in [1.165, 1.54) is 0 Å². The van der Waals surface area contributed by atoms with Crippen molar-refractivity contribution < 1.29 is 22.9 Å². The molecule has 0 spiro atoms. The maximum Gasteiger partial charge on any atom is 0.400 e. The van der Waals surface area contributed by atoms with E-state index in [4.69, 9.17) is 10.9 Å². The molecule has 18 heavy (non-hydrogen) atoms. The highest BCUT2D eigenvalue weighted by Crippen LogP contribution is 2.25. The monoisotopic (exact) mass is 267 g/mol. The van der Waals surface area contributed by atoms with Crippen LogP contribution in [0.1, 0.15) is 5.82 Å². The number of aromatic nitrogens is 2. The van der Waals surface area contributed by atoms with Crippen LogP contribution in [0.5, 0.6) is 0 Å². The molecule has 1 rings (SSSR count). The third-order valence-electron chi connectivity index (χ3n) is 2.15. The Labute approximate surface area is 99.8 Å². The molecule has 0 aromatic carbocycles. The fourth-order valence-corrected chi connectivity index (χ4v) is 1.21. The summed E-state index contributed by atoms with van der Waals surface area (Å²) >= 11 is 0. The second-order valence-corrected chi connectivity index (χ2v) is 3.42. The molecule has 1 aromatic heterocycles. The first-order valence-electron chi connectivity index (χ1n) is 4.95. The largest absolute Gasteiger partial charge is 0.409 e. The first-order valence-corrected chi connectivity index (χ1v) is 4.95. The highest BCUT2D eigenvalue weighted by atomic mass is 19.4. The van der Waals surface area contributed by atoms with Crippen LogP contribution in [0.3, 0.4) is 0 Å². The summed E-state index contributed by atoms with van der Waals surface area (Å²) in [5.74, 6) is -2.53. The van der Waals surface area contributed by atoms with Crippen LogP contribution in [0.4, 0.5) is 13.2 Å². The number of hydrogen-bond acceptors (Lipinski definition) is 6. The topological polar surface area (TPSA) is 110 Å². The summed E-state index contributed by atoms with van der Waals surface area (Å²) < 4.78 is 42.0. The summed E-state index contributed by atoms with van der Waals surface area (Å²) in [5.41, 5.74) is 4.98. The minimum Gasteiger partial charge on any atom is -0.409 e. The van der Waals surface area contributed by atoms with Crippen LogP contribution in [0, 0.1) is 5.92 Å². The van der Waals surface area contributed by atoms with Crippen LogP contribution >= 0.6 is 0 Å². The van der Waals surface area contributed by atoms with Crippen LogP contribution in [-0.4, -0.2) is 40.4 Å². The Morgan fingerprint density at radius 2 is 2.33 bits per heavy atom. The van der Waals surface area contributed by atoms with Gasteiger partial charge in [-0.2, -0.15) is 18.2 Å². The molecule has 0 fully saturated rings. The molecule has 0 saturated carbocycles. The van der Waals surface area contributed by atoms with E-state index in [2.05, 4.69) is 25.1 Å². The summed E-state index contributed by atoms with van der Waals surface area (Å²) in [4.78, 5) is 3.70. The molecule has 1 heterocycles. The summed E-state index contributed by atoms with van der Waals surface area (Å²) in [6, 6.07) is 0. The van der Waals surface area contributed by atoms with Crippen molar-refractivity contribution in [1.29, 1.82) is 0 Å². The molecule has 0 aliphatic carbocycles. The van der Waals surface area contributed by atoms with Crippen LogP contribution in [0.25, 0.3) is 0 Å². The predicted molar refractivity (Wildman–Crippen MR) is 53.8 cm³/mol. The Balaban J connectivity index is 2.39. The lowest BCUT2D eigenvalue weighted by atomic mass is 10.1. The zero-order valence-electron chi connectivity index (χ0n) is 9.18. The van der Waals surface area contributed by atoms with Gasteiger partial charge < -0.3 is 20.8 Å². The molecule has 10 heteroatoms. The molecular weight excluding hydrogens is 255 g/mol. The Morgan fingerprint density at radius 3 is 2.83 bits per heavy atom. The Kier molecular flexibility index (Phi) is 4.89. The van der Waals surface area contributed by atoms with Crippen molar-refractivity contribution in [1.82, 2.24) is 15.5 Å². The molecule has 0 saturated heterocycles. The van der Waals surface area contributed by atoms with E-state index < -0.39 is 24.5 Å². The number of nitrogens with zero attached hydrogens (tertiary/aromatic N) is 3. The van der Waals surface area contributed by atoms with Gasteiger partial charge in [-0.05, 0) is 0 Å². The average molecular weight is 267 g/mol. The van der Waals surface area contributed by atoms with Gasteiger partial charge >= 0.3 is 6.18 Å². The SMILES string of the molecule is NC(=NO)C(CNCCc1ncon1)C(F)(F)F. The van der Waals surface area contributed by atoms with Gasteiger partial charge in [0, 0.05) is 19.5 Å². The molecule has 0 amide bonds. The summed E-state index contributed by atoms with van der Waals surface area (Å²) in [7, 11) is 0. The molecule has 0 radical (unpaired) electrons. The van der Waals surface area contributed by atoms with E-state index in [0.29, 0.717) is 12.2 Å². The van der Waals surface area contributed by atoms with Gasteiger partial charge in [0.25, 0.3) is 0 Å². The van der Waals surface area contributed by atoms with Gasteiger partial charge in [0.1, 0.15) is 5.92 Å². The third kappa shape index (κ3) is 4.20. The Hall–Kier alpha value is -1.84. The average Bonchev–Trinajstić information content (AvgIpc) is 2.79. The van der Waals surface area contributed by atoms with E-state index in [1.807, 2.05) is 0 Å². The molecule has 102 valence electrons. The minimum absolute atomic E-state index is 0.213. The van der Waals surface area contributed by atoms with Crippen molar-refractivity contribution in [2.24, 2.45) is 16.8 Å². The number of rotatable bonds is 6. The quantitative estimate of drug-likeness (QED) is 0.222. The van der Waals surface area contributed by atoms with Gasteiger partial charge in [0.2, 0.25) is 6.39 Å². The van der Waals surface area contributed by atoms with E-state index in [9.17, 15) is 13.2 Å². The summed E-state index contributed by atoms with van der Waals surface area (Å²) in [6.07, 6.45) is -3.13. The Bertz CT molecular complexity index is 379. The lowest BCUT2D eigenvalue weighted by Crippen LogP contribution is -2.43. The van der Waals surface area contributed by atoms with Crippen LogP contribution in [0.15, 0.2) is 16.1 Å². The number of nitrogens with two attached hydrogens (primary N) is 1. The molecule has 7 nitrogen and oxygen atoms in total. The fourth-order valence-electron chi connectivity index (χ4n) is 1.21. The second kappa shape index (κ2) is 6.19. The first-order chi connectivity index (χ1) is 8.45. The maximum absolute atomic E-state index is 12.5. The summed E-state index contributed by atoms with van der Waals surface area (Å²) in [5, 5.41) is 16.7. The van der Waals surface area contributed by atoms with Crippen LogP contribution in [0.2, 0.25) is 0 Å². The van der Waals surface area contributed by atoms with E-state index in [0.717, 1.165) is 6.39 Å². The minimum atomic E-state index is -4.57. The number of hydrogen-bond donors (Lipinski definition) is 3. The van der Waals surface area contributed by atoms with Crippen molar-refractivity contribution in [3.05, 3.63) is 12.2 Å². The molecule has 0 aliphatic rings. The molecule has 0 aliphatic heterocycles.